The van der Waals surface area contributed by atoms with E-state index in [4.69, 9.17) is 21.1 Å². The van der Waals surface area contributed by atoms with E-state index in [9.17, 15) is 9.18 Å². The van der Waals surface area contributed by atoms with Gasteiger partial charge in [-0.2, -0.15) is 0 Å². The lowest BCUT2D eigenvalue weighted by atomic mass is 10.1. The normalized spacial score (nSPS) is 13.0. The molecule has 27 heavy (non-hydrogen) atoms. The highest BCUT2D eigenvalue weighted by molar-refractivity contribution is 6.31. The summed E-state index contributed by atoms with van der Waals surface area (Å²) in [5, 5.41) is 2.75. The molecular formula is C20H25ClFN2O3+. The van der Waals surface area contributed by atoms with Crippen molar-refractivity contribution in [2.24, 2.45) is 0 Å². The van der Waals surface area contributed by atoms with Crippen molar-refractivity contribution in [3.8, 4) is 11.5 Å². The second kappa shape index (κ2) is 9.06. The van der Waals surface area contributed by atoms with Gasteiger partial charge in [-0.15, -0.1) is 0 Å². The zero-order chi connectivity index (χ0) is 20.1. The van der Waals surface area contributed by atoms with Crippen molar-refractivity contribution in [1.82, 2.24) is 0 Å². The summed E-state index contributed by atoms with van der Waals surface area (Å²) in [7, 11) is 5.14. The van der Waals surface area contributed by atoms with Crippen LogP contribution in [0, 0.1) is 12.7 Å². The van der Waals surface area contributed by atoms with Crippen molar-refractivity contribution < 1.29 is 23.6 Å². The van der Waals surface area contributed by atoms with Gasteiger partial charge in [0, 0.05) is 11.3 Å². The highest BCUT2D eigenvalue weighted by atomic mass is 35.5. The van der Waals surface area contributed by atoms with Crippen molar-refractivity contribution in [2.45, 2.75) is 26.4 Å². The summed E-state index contributed by atoms with van der Waals surface area (Å²) in [6, 6.07) is 7.64. The maximum atomic E-state index is 13.3. The van der Waals surface area contributed by atoms with E-state index in [0.717, 1.165) is 16.0 Å². The number of rotatable bonds is 7. The predicted octanol–water partition coefficient (Wildman–Crippen LogP) is 2.85. The summed E-state index contributed by atoms with van der Waals surface area (Å²) in [4.78, 5) is 13.5. The molecule has 0 bridgehead atoms. The Morgan fingerprint density at radius 2 is 1.85 bits per heavy atom. The molecule has 2 atom stereocenters. The highest BCUT2D eigenvalue weighted by Crippen LogP contribution is 2.30. The molecule has 1 unspecified atom stereocenters. The molecule has 0 saturated carbocycles. The molecule has 5 nitrogen and oxygen atoms in total. The number of amides is 1. The van der Waals surface area contributed by atoms with Gasteiger partial charge in [0.05, 0.1) is 26.3 Å². The molecule has 0 fully saturated rings. The lowest BCUT2D eigenvalue weighted by Gasteiger charge is -2.22. The largest absolute Gasteiger partial charge is 0.493 e. The topological polar surface area (TPSA) is 52.0 Å². The monoisotopic (exact) mass is 395 g/mol. The van der Waals surface area contributed by atoms with E-state index >= 15 is 0 Å². The first-order chi connectivity index (χ1) is 12.8. The minimum absolute atomic E-state index is 0.0258. The van der Waals surface area contributed by atoms with Gasteiger partial charge in [0.25, 0.3) is 5.91 Å². The van der Waals surface area contributed by atoms with Crippen LogP contribution in [0.25, 0.3) is 0 Å². The van der Waals surface area contributed by atoms with Crippen LogP contribution in [0.2, 0.25) is 5.02 Å². The van der Waals surface area contributed by atoms with Crippen LogP contribution in [0.5, 0.6) is 11.5 Å². The molecular weight excluding hydrogens is 371 g/mol. The number of aryl methyl sites for hydroxylation is 1. The van der Waals surface area contributed by atoms with E-state index in [1.807, 2.05) is 33.0 Å². The van der Waals surface area contributed by atoms with E-state index in [2.05, 4.69) is 5.32 Å². The zero-order valence-corrected chi connectivity index (χ0v) is 16.9. The number of hydrogen-bond donors (Lipinski definition) is 2. The van der Waals surface area contributed by atoms with Crippen molar-refractivity contribution in [1.29, 1.82) is 0 Å². The summed E-state index contributed by atoms with van der Waals surface area (Å²) in [5.41, 5.74) is 2.59. The Morgan fingerprint density at radius 3 is 2.44 bits per heavy atom. The molecule has 2 aromatic rings. The fraction of sp³-hybridized carbons (Fsp3) is 0.350. The van der Waals surface area contributed by atoms with E-state index in [0.29, 0.717) is 23.7 Å². The number of halogens is 2. The number of carbonyl (C=O) groups is 1. The summed E-state index contributed by atoms with van der Waals surface area (Å²) < 4.78 is 23.9. The average molecular weight is 396 g/mol. The molecule has 0 aromatic heterocycles. The summed E-state index contributed by atoms with van der Waals surface area (Å²) >= 11 is 5.76. The SMILES string of the molecule is COc1cc(C)c(C[NH+](C)[C@@H](C)C(=O)Nc2ccc(F)c(Cl)c2)cc1OC. The summed E-state index contributed by atoms with van der Waals surface area (Å²) in [6.45, 7) is 4.46. The van der Waals surface area contributed by atoms with Gasteiger partial charge in [0.1, 0.15) is 12.4 Å². The Hall–Kier alpha value is -2.31. The number of ether oxygens (including phenoxy) is 2. The number of anilines is 1. The van der Waals surface area contributed by atoms with Gasteiger partial charge in [0.15, 0.2) is 17.5 Å². The molecule has 0 aliphatic carbocycles. The van der Waals surface area contributed by atoms with Gasteiger partial charge in [-0.3, -0.25) is 4.79 Å². The van der Waals surface area contributed by atoms with E-state index in [1.165, 1.54) is 18.2 Å². The third-order valence-electron chi connectivity index (χ3n) is 4.63. The summed E-state index contributed by atoms with van der Waals surface area (Å²) in [6.07, 6.45) is 0. The quantitative estimate of drug-likeness (QED) is 0.758. The van der Waals surface area contributed by atoms with Crippen LogP contribution in [0.3, 0.4) is 0 Å². The minimum Gasteiger partial charge on any atom is -0.493 e. The lowest BCUT2D eigenvalue weighted by Crippen LogP contribution is -3.12. The fourth-order valence-corrected chi connectivity index (χ4v) is 2.90. The smallest absolute Gasteiger partial charge is 0.282 e. The first-order valence-corrected chi connectivity index (χ1v) is 8.94. The van der Waals surface area contributed by atoms with Crippen LogP contribution in [0.4, 0.5) is 10.1 Å². The number of methoxy groups -OCH3 is 2. The number of hydrogen-bond acceptors (Lipinski definition) is 3. The average Bonchev–Trinajstić information content (AvgIpc) is 2.65. The molecule has 0 aliphatic heterocycles. The van der Waals surface area contributed by atoms with Crippen molar-refractivity contribution in [3.63, 3.8) is 0 Å². The van der Waals surface area contributed by atoms with Crippen molar-refractivity contribution >= 4 is 23.2 Å². The molecule has 0 saturated heterocycles. The number of likely N-dealkylation sites (N-methyl/N-ethyl adjacent to an activating group) is 1. The predicted molar refractivity (Wildman–Crippen MR) is 104 cm³/mol. The van der Waals surface area contributed by atoms with Crippen LogP contribution >= 0.6 is 11.6 Å². The molecule has 146 valence electrons. The molecule has 2 rings (SSSR count). The molecule has 0 spiro atoms. The first kappa shape index (κ1) is 21.0. The number of quaternary nitrogens is 1. The Bertz CT molecular complexity index is 829. The van der Waals surface area contributed by atoms with Crippen LogP contribution in [0.1, 0.15) is 18.1 Å². The van der Waals surface area contributed by atoms with Gasteiger partial charge in [-0.05, 0) is 49.7 Å². The molecule has 2 aromatic carbocycles. The van der Waals surface area contributed by atoms with Gasteiger partial charge < -0.3 is 19.7 Å². The summed E-state index contributed by atoms with van der Waals surface area (Å²) in [5.74, 6) is 0.641. The van der Waals surface area contributed by atoms with Crippen LogP contribution in [-0.2, 0) is 11.3 Å². The first-order valence-electron chi connectivity index (χ1n) is 8.56. The van der Waals surface area contributed by atoms with Gasteiger partial charge >= 0.3 is 0 Å². The maximum absolute atomic E-state index is 13.3. The molecule has 0 radical (unpaired) electrons. The molecule has 0 heterocycles. The fourth-order valence-electron chi connectivity index (χ4n) is 2.71. The van der Waals surface area contributed by atoms with Crippen LogP contribution in [-0.4, -0.2) is 33.2 Å². The Balaban J connectivity index is 2.09. The third kappa shape index (κ3) is 5.11. The second-order valence-corrected chi connectivity index (χ2v) is 6.90. The Morgan fingerprint density at radius 1 is 1.22 bits per heavy atom. The van der Waals surface area contributed by atoms with Crippen LogP contribution < -0.4 is 19.7 Å². The molecule has 1 amide bonds. The zero-order valence-electron chi connectivity index (χ0n) is 16.2. The van der Waals surface area contributed by atoms with E-state index in [1.54, 1.807) is 14.2 Å². The molecule has 0 aliphatic rings. The van der Waals surface area contributed by atoms with Gasteiger partial charge in [-0.25, -0.2) is 4.39 Å². The van der Waals surface area contributed by atoms with E-state index in [-0.39, 0.29) is 17.0 Å². The van der Waals surface area contributed by atoms with Crippen molar-refractivity contribution in [2.75, 3.05) is 26.6 Å². The highest BCUT2D eigenvalue weighted by Gasteiger charge is 2.23. The van der Waals surface area contributed by atoms with Crippen LogP contribution in [0.15, 0.2) is 30.3 Å². The minimum atomic E-state index is -0.519. The Kier molecular flexibility index (Phi) is 7.05. The third-order valence-corrected chi connectivity index (χ3v) is 4.92. The van der Waals surface area contributed by atoms with E-state index < -0.39 is 5.82 Å². The maximum Gasteiger partial charge on any atom is 0.282 e. The number of carbonyl (C=O) groups excluding carboxylic acids is 1. The molecule has 7 heteroatoms. The molecule has 2 N–H and O–H groups in total. The Labute approximate surface area is 164 Å². The number of nitrogens with one attached hydrogen (secondary N) is 2. The second-order valence-electron chi connectivity index (χ2n) is 6.50. The van der Waals surface area contributed by atoms with Gasteiger partial charge in [0.2, 0.25) is 0 Å². The standard InChI is InChI=1S/C20H24ClFN2O3/c1-12-8-18(26-4)19(27-5)9-14(12)11-24(3)13(2)20(25)23-15-6-7-17(22)16(21)10-15/h6-10,13H,11H2,1-5H3,(H,23,25)/p+1/t13-/m0/s1. The van der Waals surface area contributed by atoms with Crippen molar-refractivity contribution in [3.05, 3.63) is 52.3 Å². The number of benzene rings is 2. The van der Waals surface area contributed by atoms with Gasteiger partial charge in [-0.1, -0.05) is 11.6 Å². The lowest BCUT2D eigenvalue weighted by molar-refractivity contribution is -0.907.